The Kier molecular flexibility index (Phi) is 7.94. The fourth-order valence-electron chi connectivity index (χ4n) is 3.38. The number of sulfonamides is 1. The monoisotopic (exact) mass is 433 g/mol. The molecule has 2 aliphatic heterocycles. The number of carbonyl (C=O) groups excluding carboxylic acids is 1. The van der Waals surface area contributed by atoms with Gasteiger partial charge in [-0.3, -0.25) is 4.79 Å². The molecule has 28 heavy (non-hydrogen) atoms. The number of halogens is 1. The summed E-state index contributed by atoms with van der Waals surface area (Å²) in [5.41, 5.74) is 0. The summed E-state index contributed by atoms with van der Waals surface area (Å²) in [5.74, 6) is 0.979. The standard InChI is InChI=1S/C18H27N3O5S.ClH/c1-19-7-10-20(2)18(22)14-5-8-21(9-6-14)27(23,24)15-3-4-16-17(13-15)26-12-11-25-16;/h3-4,13-14,19H,5-12H2,1-2H3;1H. The summed E-state index contributed by atoms with van der Waals surface area (Å²) in [5, 5.41) is 3.02. The van der Waals surface area contributed by atoms with Gasteiger partial charge >= 0.3 is 0 Å². The number of fused-ring (bicyclic) bond motifs is 1. The Morgan fingerprint density at radius 1 is 1.21 bits per heavy atom. The van der Waals surface area contributed by atoms with Gasteiger partial charge in [-0.15, -0.1) is 12.4 Å². The van der Waals surface area contributed by atoms with Crippen molar-refractivity contribution in [3.05, 3.63) is 18.2 Å². The van der Waals surface area contributed by atoms with Gasteiger partial charge < -0.3 is 19.7 Å². The van der Waals surface area contributed by atoms with Gasteiger partial charge in [0.15, 0.2) is 11.5 Å². The molecule has 0 atom stereocenters. The SMILES string of the molecule is CNCCN(C)C(=O)C1CCN(S(=O)(=O)c2ccc3c(c2)OCCO3)CC1.Cl. The molecule has 0 spiro atoms. The van der Waals surface area contributed by atoms with E-state index in [1.807, 2.05) is 7.05 Å². The molecule has 2 heterocycles. The van der Waals surface area contributed by atoms with Crippen molar-refractivity contribution < 1.29 is 22.7 Å². The fraction of sp³-hybridized carbons (Fsp3) is 0.611. The summed E-state index contributed by atoms with van der Waals surface area (Å²) in [6.45, 7) is 2.93. The maximum Gasteiger partial charge on any atom is 0.243 e. The van der Waals surface area contributed by atoms with Crippen molar-refractivity contribution in [2.75, 3.05) is 53.5 Å². The van der Waals surface area contributed by atoms with Gasteiger partial charge in [-0.2, -0.15) is 4.31 Å². The molecule has 158 valence electrons. The topological polar surface area (TPSA) is 88.2 Å². The van der Waals surface area contributed by atoms with Crippen LogP contribution in [0.3, 0.4) is 0 Å². The first kappa shape index (κ1) is 22.7. The lowest BCUT2D eigenvalue weighted by atomic mass is 9.97. The number of benzene rings is 1. The molecule has 0 bridgehead atoms. The van der Waals surface area contributed by atoms with E-state index >= 15 is 0 Å². The van der Waals surface area contributed by atoms with Gasteiger partial charge in [-0.1, -0.05) is 0 Å². The second-order valence-electron chi connectivity index (χ2n) is 6.85. The Bertz CT molecular complexity index is 781. The van der Waals surface area contributed by atoms with Gasteiger partial charge in [0.05, 0.1) is 4.90 Å². The van der Waals surface area contributed by atoms with Crippen molar-refractivity contribution >= 4 is 28.3 Å². The number of nitrogens with zero attached hydrogens (tertiary/aromatic N) is 2. The predicted octanol–water partition coefficient (Wildman–Crippen LogP) is 0.958. The summed E-state index contributed by atoms with van der Waals surface area (Å²) in [4.78, 5) is 14.4. The van der Waals surface area contributed by atoms with E-state index in [4.69, 9.17) is 9.47 Å². The number of hydrogen-bond acceptors (Lipinski definition) is 6. The molecule has 1 saturated heterocycles. The summed E-state index contributed by atoms with van der Waals surface area (Å²) in [6.07, 6.45) is 1.07. The molecule has 1 aromatic rings. The number of rotatable bonds is 6. The summed E-state index contributed by atoms with van der Waals surface area (Å²) >= 11 is 0. The second kappa shape index (κ2) is 9.78. The second-order valence-corrected chi connectivity index (χ2v) is 8.79. The normalized spacial score (nSPS) is 17.6. The van der Waals surface area contributed by atoms with Crippen LogP contribution in [0, 0.1) is 5.92 Å². The quantitative estimate of drug-likeness (QED) is 0.718. The maximum atomic E-state index is 13.0. The Morgan fingerprint density at radius 3 is 2.50 bits per heavy atom. The minimum absolute atomic E-state index is 0. The molecule has 0 aliphatic carbocycles. The van der Waals surface area contributed by atoms with Crippen LogP contribution in [0.1, 0.15) is 12.8 Å². The van der Waals surface area contributed by atoms with Crippen molar-refractivity contribution in [3.63, 3.8) is 0 Å². The fourth-order valence-corrected chi connectivity index (χ4v) is 4.86. The van der Waals surface area contributed by atoms with Crippen LogP contribution in [-0.2, 0) is 14.8 Å². The molecule has 1 fully saturated rings. The van der Waals surface area contributed by atoms with Crippen LogP contribution in [0.2, 0.25) is 0 Å². The minimum Gasteiger partial charge on any atom is -0.486 e. The molecule has 1 N–H and O–H groups in total. The number of carbonyl (C=O) groups is 1. The highest BCUT2D eigenvalue weighted by atomic mass is 35.5. The van der Waals surface area contributed by atoms with E-state index < -0.39 is 10.0 Å². The molecular formula is C18H28ClN3O5S. The van der Waals surface area contributed by atoms with E-state index in [1.54, 1.807) is 24.1 Å². The first-order valence-corrected chi connectivity index (χ1v) is 10.7. The third kappa shape index (κ3) is 4.89. The number of nitrogens with one attached hydrogen (secondary N) is 1. The van der Waals surface area contributed by atoms with E-state index in [2.05, 4.69) is 5.32 Å². The van der Waals surface area contributed by atoms with Crippen molar-refractivity contribution in [1.29, 1.82) is 0 Å². The van der Waals surface area contributed by atoms with Gasteiger partial charge in [-0.25, -0.2) is 8.42 Å². The van der Waals surface area contributed by atoms with E-state index in [0.29, 0.717) is 57.2 Å². The lowest BCUT2D eigenvalue weighted by molar-refractivity contribution is -0.135. The maximum absolute atomic E-state index is 13.0. The van der Waals surface area contributed by atoms with Crippen molar-refractivity contribution in [2.45, 2.75) is 17.7 Å². The number of amides is 1. The van der Waals surface area contributed by atoms with Gasteiger partial charge in [0.2, 0.25) is 15.9 Å². The van der Waals surface area contributed by atoms with Crippen LogP contribution in [0.15, 0.2) is 23.1 Å². The molecule has 8 nitrogen and oxygen atoms in total. The minimum atomic E-state index is -3.62. The predicted molar refractivity (Wildman–Crippen MR) is 108 cm³/mol. The third-order valence-corrected chi connectivity index (χ3v) is 6.92. The molecule has 1 aromatic carbocycles. The van der Waals surface area contributed by atoms with Crippen LogP contribution in [0.5, 0.6) is 11.5 Å². The lowest BCUT2D eigenvalue weighted by Crippen LogP contribution is -2.44. The summed E-state index contributed by atoms with van der Waals surface area (Å²) in [6, 6.07) is 4.70. The van der Waals surface area contributed by atoms with Crippen LogP contribution in [0.4, 0.5) is 0 Å². The van der Waals surface area contributed by atoms with Crippen molar-refractivity contribution in [1.82, 2.24) is 14.5 Å². The van der Waals surface area contributed by atoms with Crippen molar-refractivity contribution in [2.24, 2.45) is 5.92 Å². The molecule has 0 unspecified atom stereocenters. The van der Waals surface area contributed by atoms with Crippen LogP contribution in [-0.4, -0.2) is 77.0 Å². The molecule has 1 amide bonds. The number of hydrogen-bond donors (Lipinski definition) is 1. The number of ether oxygens (including phenoxy) is 2. The number of piperidine rings is 1. The zero-order valence-electron chi connectivity index (χ0n) is 16.2. The van der Waals surface area contributed by atoms with Crippen LogP contribution < -0.4 is 14.8 Å². The summed E-state index contributed by atoms with van der Waals surface area (Å²) in [7, 11) is 0.0202. The van der Waals surface area contributed by atoms with Crippen molar-refractivity contribution in [3.8, 4) is 11.5 Å². The molecular weight excluding hydrogens is 406 g/mol. The average Bonchev–Trinajstić information content (AvgIpc) is 2.71. The molecule has 0 aromatic heterocycles. The molecule has 3 rings (SSSR count). The van der Waals surface area contributed by atoms with Gasteiger partial charge in [0, 0.05) is 45.2 Å². The Morgan fingerprint density at radius 2 is 1.86 bits per heavy atom. The van der Waals surface area contributed by atoms with E-state index in [0.717, 1.165) is 6.54 Å². The average molecular weight is 434 g/mol. The first-order valence-electron chi connectivity index (χ1n) is 9.23. The Hall–Kier alpha value is -1.55. The first-order chi connectivity index (χ1) is 12.9. The largest absolute Gasteiger partial charge is 0.486 e. The zero-order valence-corrected chi connectivity index (χ0v) is 17.9. The Balaban J connectivity index is 0.00000280. The number of likely N-dealkylation sites (N-methyl/N-ethyl adjacent to an activating group) is 2. The zero-order chi connectivity index (χ0) is 19.4. The highest BCUT2D eigenvalue weighted by Crippen LogP contribution is 2.34. The smallest absolute Gasteiger partial charge is 0.243 e. The molecule has 0 radical (unpaired) electrons. The third-order valence-electron chi connectivity index (χ3n) is 5.03. The van der Waals surface area contributed by atoms with Gasteiger partial charge in [0.25, 0.3) is 0 Å². The molecule has 0 saturated carbocycles. The van der Waals surface area contributed by atoms with Crippen LogP contribution >= 0.6 is 12.4 Å². The van der Waals surface area contributed by atoms with Crippen LogP contribution in [0.25, 0.3) is 0 Å². The Labute approximate surface area is 172 Å². The molecule has 2 aliphatic rings. The summed E-state index contributed by atoms with van der Waals surface area (Å²) < 4.78 is 38.3. The highest BCUT2D eigenvalue weighted by Gasteiger charge is 2.33. The highest BCUT2D eigenvalue weighted by molar-refractivity contribution is 7.89. The lowest BCUT2D eigenvalue weighted by Gasteiger charge is -2.32. The van der Waals surface area contributed by atoms with Gasteiger partial charge in [0.1, 0.15) is 13.2 Å². The van der Waals surface area contributed by atoms with E-state index in [1.165, 1.54) is 10.4 Å². The van der Waals surface area contributed by atoms with Gasteiger partial charge in [-0.05, 0) is 32.0 Å². The van der Waals surface area contributed by atoms with E-state index in [-0.39, 0.29) is 29.1 Å². The molecule has 10 heteroatoms. The van der Waals surface area contributed by atoms with E-state index in [9.17, 15) is 13.2 Å².